The zero-order chi connectivity index (χ0) is 11.1. The Morgan fingerprint density at radius 2 is 2.31 bits per heavy atom. The summed E-state index contributed by atoms with van der Waals surface area (Å²) in [4.78, 5) is 7.02. The van der Waals surface area contributed by atoms with Gasteiger partial charge < -0.3 is 10.6 Å². The standard InChI is InChI=1S/C13H19N3/c1-9(14)11-3-5-13(15-7-11)16-8-10-2-4-12(16)6-10/h3,5,7,9-10,12H,2,4,6,8,14H2,1H3/t9-,10?,12?/m0/s1. The Hall–Kier alpha value is -1.09. The molecule has 1 aliphatic carbocycles. The monoisotopic (exact) mass is 217 g/mol. The average Bonchev–Trinajstić information content (AvgIpc) is 2.91. The van der Waals surface area contributed by atoms with Gasteiger partial charge in [0.15, 0.2) is 0 Å². The third-order valence-electron chi connectivity index (χ3n) is 4.00. The van der Waals surface area contributed by atoms with Crippen LogP contribution in [0.3, 0.4) is 0 Å². The summed E-state index contributed by atoms with van der Waals surface area (Å²) in [6.07, 6.45) is 6.06. The molecule has 3 atom stereocenters. The maximum absolute atomic E-state index is 5.82. The maximum atomic E-state index is 5.82. The van der Waals surface area contributed by atoms with Gasteiger partial charge in [-0.05, 0) is 43.7 Å². The summed E-state index contributed by atoms with van der Waals surface area (Å²) in [6.45, 7) is 3.20. The van der Waals surface area contributed by atoms with Crippen LogP contribution in [0.5, 0.6) is 0 Å². The molecule has 1 aliphatic heterocycles. The molecule has 1 aromatic rings. The van der Waals surface area contributed by atoms with E-state index in [9.17, 15) is 0 Å². The summed E-state index contributed by atoms with van der Waals surface area (Å²) in [6, 6.07) is 5.06. The van der Waals surface area contributed by atoms with Gasteiger partial charge in [-0.1, -0.05) is 6.07 Å². The first-order valence-corrected chi connectivity index (χ1v) is 6.22. The third-order valence-corrected chi connectivity index (χ3v) is 4.00. The smallest absolute Gasteiger partial charge is 0.128 e. The predicted molar refractivity (Wildman–Crippen MR) is 65.3 cm³/mol. The zero-order valence-electron chi connectivity index (χ0n) is 9.76. The molecule has 0 aromatic carbocycles. The fourth-order valence-corrected chi connectivity index (χ4v) is 3.04. The van der Waals surface area contributed by atoms with E-state index in [1.807, 2.05) is 13.1 Å². The maximum Gasteiger partial charge on any atom is 0.128 e. The fraction of sp³-hybridized carbons (Fsp3) is 0.615. The van der Waals surface area contributed by atoms with Gasteiger partial charge in [0.2, 0.25) is 0 Å². The van der Waals surface area contributed by atoms with Gasteiger partial charge in [0.05, 0.1) is 0 Å². The number of aromatic nitrogens is 1. The Morgan fingerprint density at radius 1 is 1.44 bits per heavy atom. The first-order valence-electron chi connectivity index (χ1n) is 6.22. The highest BCUT2D eigenvalue weighted by atomic mass is 15.2. The van der Waals surface area contributed by atoms with E-state index < -0.39 is 0 Å². The van der Waals surface area contributed by atoms with E-state index in [2.05, 4.69) is 22.0 Å². The molecule has 0 radical (unpaired) electrons. The predicted octanol–water partition coefficient (Wildman–Crippen LogP) is 2.09. The number of nitrogens with two attached hydrogens (primary N) is 1. The van der Waals surface area contributed by atoms with E-state index in [1.54, 1.807) is 0 Å². The number of hydrogen-bond donors (Lipinski definition) is 1. The summed E-state index contributed by atoms with van der Waals surface area (Å²) in [5, 5.41) is 0. The number of fused-ring (bicyclic) bond motifs is 2. The van der Waals surface area contributed by atoms with Crippen molar-refractivity contribution < 1.29 is 0 Å². The lowest BCUT2D eigenvalue weighted by Gasteiger charge is -2.28. The highest BCUT2D eigenvalue weighted by Crippen LogP contribution is 2.39. The molecule has 0 spiro atoms. The molecule has 1 saturated heterocycles. The molecular formula is C13H19N3. The van der Waals surface area contributed by atoms with Crippen molar-refractivity contribution in [3.8, 4) is 0 Å². The Balaban J connectivity index is 1.80. The minimum Gasteiger partial charge on any atom is -0.353 e. The van der Waals surface area contributed by atoms with Gasteiger partial charge in [-0.3, -0.25) is 0 Å². The molecule has 1 aromatic heterocycles. The van der Waals surface area contributed by atoms with Crippen molar-refractivity contribution in [2.45, 2.75) is 38.3 Å². The minimum atomic E-state index is 0.0802. The summed E-state index contributed by atoms with van der Waals surface area (Å²) in [5.74, 6) is 2.05. The van der Waals surface area contributed by atoms with Crippen molar-refractivity contribution in [2.24, 2.45) is 11.7 Å². The molecule has 3 rings (SSSR count). The van der Waals surface area contributed by atoms with Crippen LogP contribution in [-0.4, -0.2) is 17.6 Å². The second-order valence-electron chi connectivity index (χ2n) is 5.22. The molecule has 2 N–H and O–H groups in total. The Bertz CT molecular complexity index is 371. The van der Waals surface area contributed by atoms with E-state index in [0.717, 1.165) is 23.3 Å². The molecule has 86 valence electrons. The Labute approximate surface area is 96.7 Å². The van der Waals surface area contributed by atoms with Gasteiger partial charge in [-0.25, -0.2) is 4.98 Å². The molecule has 1 saturated carbocycles. The first-order chi connectivity index (χ1) is 7.74. The third kappa shape index (κ3) is 1.59. The van der Waals surface area contributed by atoms with Gasteiger partial charge >= 0.3 is 0 Å². The van der Waals surface area contributed by atoms with Crippen LogP contribution in [0.2, 0.25) is 0 Å². The fourth-order valence-electron chi connectivity index (χ4n) is 3.04. The van der Waals surface area contributed by atoms with Crippen LogP contribution in [0.1, 0.15) is 37.8 Å². The van der Waals surface area contributed by atoms with Gasteiger partial charge in [-0.15, -0.1) is 0 Å². The topological polar surface area (TPSA) is 42.1 Å². The van der Waals surface area contributed by atoms with Crippen molar-refractivity contribution in [1.82, 2.24) is 4.98 Å². The van der Waals surface area contributed by atoms with Crippen molar-refractivity contribution in [1.29, 1.82) is 0 Å². The van der Waals surface area contributed by atoms with E-state index in [1.165, 1.54) is 25.8 Å². The summed E-state index contributed by atoms with van der Waals surface area (Å²) < 4.78 is 0. The van der Waals surface area contributed by atoms with Crippen molar-refractivity contribution >= 4 is 5.82 Å². The van der Waals surface area contributed by atoms with Crippen LogP contribution in [0.4, 0.5) is 5.82 Å². The lowest BCUT2D eigenvalue weighted by molar-refractivity contribution is 0.550. The van der Waals surface area contributed by atoms with Crippen LogP contribution in [0.15, 0.2) is 18.3 Å². The van der Waals surface area contributed by atoms with E-state index in [4.69, 9.17) is 5.73 Å². The number of piperidine rings is 1. The number of nitrogens with zero attached hydrogens (tertiary/aromatic N) is 2. The van der Waals surface area contributed by atoms with Gasteiger partial charge in [0, 0.05) is 24.8 Å². The van der Waals surface area contributed by atoms with Gasteiger partial charge in [0.1, 0.15) is 5.82 Å². The normalized spacial score (nSPS) is 29.8. The van der Waals surface area contributed by atoms with Crippen LogP contribution >= 0.6 is 0 Å². The molecule has 2 aliphatic rings. The van der Waals surface area contributed by atoms with Gasteiger partial charge in [0.25, 0.3) is 0 Å². The lowest BCUT2D eigenvalue weighted by atomic mass is 10.1. The van der Waals surface area contributed by atoms with Crippen molar-refractivity contribution in [3.63, 3.8) is 0 Å². The van der Waals surface area contributed by atoms with Crippen LogP contribution in [-0.2, 0) is 0 Å². The molecule has 2 fully saturated rings. The average molecular weight is 217 g/mol. The molecule has 3 heteroatoms. The largest absolute Gasteiger partial charge is 0.353 e. The second-order valence-corrected chi connectivity index (χ2v) is 5.22. The van der Waals surface area contributed by atoms with E-state index in [0.29, 0.717) is 0 Å². The molecule has 2 unspecified atom stereocenters. The highest BCUT2D eigenvalue weighted by molar-refractivity contribution is 5.43. The Kier molecular flexibility index (Phi) is 2.36. The molecule has 2 bridgehead atoms. The summed E-state index contributed by atoms with van der Waals surface area (Å²) in [5.41, 5.74) is 6.94. The van der Waals surface area contributed by atoms with E-state index >= 15 is 0 Å². The second kappa shape index (κ2) is 3.74. The van der Waals surface area contributed by atoms with Crippen molar-refractivity contribution in [2.75, 3.05) is 11.4 Å². The number of pyridine rings is 1. The molecule has 0 amide bonds. The van der Waals surface area contributed by atoms with E-state index in [-0.39, 0.29) is 6.04 Å². The molecule has 3 nitrogen and oxygen atoms in total. The quantitative estimate of drug-likeness (QED) is 0.824. The number of hydrogen-bond acceptors (Lipinski definition) is 3. The summed E-state index contributed by atoms with van der Waals surface area (Å²) in [7, 11) is 0. The lowest BCUT2D eigenvalue weighted by Crippen LogP contribution is -2.32. The zero-order valence-corrected chi connectivity index (χ0v) is 9.76. The Morgan fingerprint density at radius 3 is 2.81 bits per heavy atom. The van der Waals surface area contributed by atoms with Crippen molar-refractivity contribution in [3.05, 3.63) is 23.9 Å². The molecule has 16 heavy (non-hydrogen) atoms. The SMILES string of the molecule is C[C@H](N)c1ccc(N2CC3CCC2C3)nc1. The minimum absolute atomic E-state index is 0.0802. The van der Waals surface area contributed by atoms with Crippen LogP contribution in [0.25, 0.3) is 0 Å². The molecular weight excluding hydrogens is 198 g/mol. The summed E-state index contributed by atoms with van der Waals surface area (Å²) >= 11 is 0. The van der Waals surface area contributed by atoms with Crippen LogP contribution < -0.4 is 10.6 Å². The molecule has 2 heterocycles. The van der Waals surface area contributed by atoms with Gasteiger partial charge in [-0.2, -0.15) is 0 Å². The first kappa shape index (κ1) is 10.1. The number of anilines is 1. The van der Waals surface area contributed by atoms with Crippen LogP contribution in [0, 0.1) is 5.92 Å². The highest BCUT2D eigenvalue weighted by Gasteiger charge is 2.38. The number of rotatable bonds is 2.